The van der Waals surface area contributed by atoms with Gasteiger partial charge in [0, 0.05) is 23.5 Å². The van der Waals surface area contributed by atoms with Crippen LogP contribution in [0, 0.1) is 20.8 Å². The smallest absolute Gasteiger partial charge is 0.271 e. The Labute approximate surface area is 168 Å². The lowest BCUT2D eigenvalue weighted by Gasteiger charge is -2.11. The van der Waals surface area contributed by atoms with Gasteiger partial charge in [-0.25, -0.2) is 14.5 Å². The predicted octanol–water partition coefficient (Wildman–Crippen LogP) is 2.48. The Balaban J connectivity index is 1.42. The molecule has 0 fully saturated rings. The fourth-order valence-corrected chi connectivity index (χ4v) is 3.27. The van der Waals surface area contributed by atoms with E-state index in [-0.39, 0.29) is 5.91 Å². The third-order valence-corrected chi connectivity index (χ3v) is 4.77. The van der Waals surface area contributed by atoms with Gasteiger partial charge >= 0.3 is 0 Å². The molecule has 0 aliphatic rings. The van der Waals surface area contributed by atoms with Crippen LogP contribution in [0.5, 0.6) is 0 Å². The first kappa shape index (κ1) is 18.7. The van der Waals surface area contributed by atoms with E-state index in [4.69, 9.17) is 0 Å². The second-order valence-electron chi connectivity index (χ2n) is 6.79. The van der Waals surface area contributed by atoms with Crippen molar-refractivity contribution in [1.82, 2.24) is 34.9 Å². The zero-order valence-electron chi connectivity index (χ0n) is 16.5. The van der Waals surface area contributed by atoms with Gasteiger partial charge in [-0.05, 0) is 32.8 Å². The number of aromatic nitrogens is 6. The first-order valence-corrected chi connectivity index (χ1v) is 9.38. The van der Waals surface area contributed by atoms with Crippen molar-refractivity contribution in [2.24, 2.45) is 0 Å². The number of nitrogens with one attached hydrogen (secondary N) is 1. The van der Waals surface area contributed by atoms with E-state index in [2.05, 4.69) is 30.4 Å². The number of hydrogen-bond donors (Lipinski definition) is 1. The molecule has 3 heterocycles. The normalized spacial score (nSPS) is 11.0. The van der Waals surface area contributed by atoms with Crippen LogP contribution in [-0.4, -0.2) is 42.0 Å². The number of aryl methyl sites for hydroxylation is 3. The van der Waals surface area contributed by atoms with E-state index in [0.717, 1.165) is 28.2 Å². The topological polar surface area (TPSA) is 98.0 Å². The molecular weight excluding hydrogens is 366 g/mol. The molecule has 146 valence electrons. The van der Waals surface area contributed by atoms with Crippen LogP contribution in [0.25, 0.3) is 17.0 Å². The van der Waals surface area contributed by atoms with Crippen LogP contribution in [0.4, 0.5) is 0 Å². The molecule has 0 aliphatic carbocycles. The zero-order chi connectivity index (χ0) is 20.4. The lowest BCUT2D eigenvalue weighted by atomic mass is 10.1. The van der Waals surface area contributed by atoms with E-state index in [1.54, 1.807) is 10.7 Å². The Morgan fingerprint density at radius 1 is 1.03 bits per heavy atom. The number of amides is 1. The second kappa shape index (κ2) is 7.75. The Kier molecular flexibility index (Phi) is 4.99. The first-order valence-electron chi connectivity index (χ1n) is 9.38. The summed E-state index contributed by atoms with van der Waals surface area (Å²) in [6.07, 6.45) is 3.75. The van der Waals surface area contributed by atoms with Gasteiger partial charge in [0.05, 0.1) is 18.1 Å². The van der Waals surface area contributed by atoms with Gasteiger partial charge in [0.25, 0.3) is 11.7 Å². The highest BCUT2D eigenvalue weighted by Gasteiger charge is 2.13. The van der Waals surface area contributed by atoms with Crippen LogP contribution in [0.3, 0.4) is 0 Å². The van der Waals surface area contributed by atoms with Gasteiger partial charge in [0.1, 0.15) is 11.5 Å². The van der Waals surface area contributed by atoms with E-state index in [1.807, 2.05) is 51.1 Å². The Morgan fingerprint density at radius 3 is 2.55 bits per heavy atom. The minimum absolute atomic E-state index is 0.252. The average molecular weight is 387 g/mol. The Hall–Kier alpha value is -3.68. The van der Waals surface area contributed by atoms with Crippen molar-refractivity contribution >= 4 is 11.7 Å². The van der Waals surface area contributed by atoms with Crippen LogP contribution in [0.2, 0.25) is 0 Å². The van der Waals surface area contributed by atoms with Gasteiger partial charge in [-0.3, -0.25) is 9.78 Å². The monoisotopic (exact) mass is 387 g/mol. The zero-order valence-corrected chi connectivity index (χ0v) is 16.5. The van der Waals surface area contributed by atoms with Gasteiger partial charge < -0.3 is 5.32 Å². The van der Waals surface area contributed by atoms with Gasteiger partial charge in [-0.1, -0.05) is 30.3 Å². The number of hydrogen-bond acceptors (Lipinski definition) is 6. The summed E-state index contributed by atoms with van der Waals surface area (Å²) in [6.45, 7) is 6.24. The molecule has 0 aliphatic heterocycles. The third-order valence-electron chi connectivity index (χ3n) is 4.77. The summed E-state index contributed by atoms with van der Waals surface area (Å²) >= 11 is 0. The maximum absolute atomic E-state index is 12.4. The molecule has 4 aromatic rings. The molecule has 8 nitrogen and oxygen atoms in total. The van der Waals surface area contributed by atoms with Crippen molar-refractivity contribution in [3.8, 4) is 11.3 Å². The number of carbonyl (C=O) groups excluding carboxylic acids is 1. The fourth-order valence-electron chi connectivity index (χ4n) is 3.27. The van der Waals surface area contributed by atoms with E-state index in [9.17, 15) is 4.79 Å². The fraction of sp³-hybridized carbons (Fsp3) is 0.238. The lowest BCUT2D eigenvalue weighted by molar-refractivity contribution is 0.0948. The van der Waals surface area contributed by atoms with Crippen molar-refractivity contribution in [3.63, 3.8) is 0 Å². The number of fused-ring (bicyclic) bond motifs is 1. The Morgan fingerprint density at radius 2 is 1.83 bits per heavy atom. The standard InChI is InChI=1S/C21H21N7O/c1-13-17(14(2)28-21(25-13)26-15(3)27-28)9-10-22-20(29)19-12-23-18(11-24-19)16-7-5-4-6-8-16/h4-8,11-12H,9-10H2,1-3H3,(H,22,29). The molecule has 0 bridgehead atoms. The van der Waals surface area contributed by atoms with Gasteiger partial charge in [0.15, 0.2) is 0 Å². The molecule has 0 unspecified atom stereocenters. The van der Waals surface area contributed by atoms with Crippen LogP contribution >= 0.6 is 0 Å². The van der Waals surface area contributed by atoms with Crippen LogP contribution in [-0.2, 0) is 6.42 Å². The summed E-state index contributed by atoms with van der Waals surface area (Å²) in [4.78, 5) is 29.8. The summed E-state index contributed by atoms with van der Waals surface area (Å²) < 4.78 is 1.74. The maximum Gasteiger partial charge on any atom is 0.271 e. The van der Waals surface area contributed by atoms with Crippen molar-refractivity contribution in [3.05, 3.63) is 71.2 Å². The number of nitrogens with zero attached hydrogens (tertiary/aromatic N) is 6. The highest BCUT2D eigenvalue weighted by atomic mass is 16.1. The largest absolute Gasteiger partial charge is 0.350 e. The molecule has 29 heavy (non-hydrogen) atoms. The molecular formula is C21H21N7O. The van der Waals surface area contributed by atoms with E-state index >= 15 is 0 Å². The highest BCUT2D eigenvalue weighted by Crippen LogP contribution is 2.15. The molecule has 1 aromatic carbocycles. The minimum atomic E-state index is -0.252. The van der Waals surface area contributed by atoms with Crippen LogP contribution in [0.15, 0.2) is 42.7 Å². The lowest BCUT2D eigenvalue weighted by Crippen LogP contribution is -2.27. The summed E-state index contributed by atoms with van der Waals surface area (Å²) in [6, 6.07) is 9.73. The molecule has 1 amide bonds. The van der Waals surface area contributed by atoms with Crippen molar-refractivity contribution in [2.75, 3.05) is 6.54 Å². The average Bonchev–Trinajstić information content (AvgIpc) is 3.11. The highest BCUT2D eigenvalue weighted by molar-refractivity contribution is 5.92. The van der Waals surface area contributed by atoms with Crippen molar-refractivity contribution in [2.45, 2.75) is 27.2 Å². The SMILES string of the molecule is Cc1nc2nc(C)c(CCNC(=O)c3cnc(-c4ccccc4)cn3)c(C)n2n1. The minimum Gasteiger partial charge on any atom is -0.350 e. The molecule has 0 radical (unpaired) electrons. The van der Waals surface area contributed by atoms with Crippen LogP contribution in [0.1, 0.15) is 33.3 Å². The molecule has 1 N–H and O–H groups in total. The molecule has 0 spiro atoms. The Bertz CT molecular complexity index is 1170. The third kappa shape index (κ3) is 3.82. The van der Waals surface area contributed by atoms with Crippen molar-refractivity contribution < 1.29 is 4.79 Å². The van der Waals surface area contributed by atoms with Gasteiger partial charge in [0.2, 0.25) is 0 Å². The van der Waals surface area contributed by atoms with E-state index in [0.29, 0.717) is 30.3 Å². The molecule has 8 heteroatoms. The molecule has 0 atom stereocenters. The number of benzene rings is 1. The van der Waals surface area contributed by atoms with E-state index in [1.165, 1.54) is 6.20 Å². The number of carbonyl (C=O) groups is 1. The first-order chi connectivity index (χ1) is 14.0. The summed E-state index contributed by atoms with van der Waals surface area (Å²) in [7, 11) is 0. The number of rotatable bonds is 5. The summed E-state index contributed by atoms with van der Waals surface area (Å²) in [5, 5.41) is 7.28. The summed E-state index contributed by atoms with van der Waals surface area (Å²) in [5.41, 5.74) is 4.91. The van der Waals surface area contributed by atoms with Crippen LogP contribution < -0.4 is 5.32 Å². The molecule has 4 rings (SSSR count). The summed E-state index contributed by atoms with van der Waals surface area (Å²) in [5.74, 6) is 1.03. The second-order valence-corrected chi connectivity index (χ2v) is 6.79. The van der Waals surface area contributed by atoms with E-state index < -0.39 is 0 Å². The molecule has 3 aromatic heterocycles. The quantitative estimate of drug-likeness (QED) is 0.565. The maximum atomic E-state index is 12.4. The van der Waals surface area contributed by atoms with Gasteiger partial charge in [-0.2, -0.15) is 10.1 Å². The van der Waals surface area contributed by atoms with Gasteiger partial charge in [-0.15, -0.1) is 0 Å². The predicted molar refractivity (Wildman–Crippen MR) is 108 cm³/mol. The molecule has 0 saturated carbocycles. The molecule has 0 saturated heterocycles. The van der Waals surface area contributed by atoms with Crippen molar-refractivity contribution in [1.29, 1.82) is 0 Å².